The molecule has 1 saturated heterocycles. The fraction of sp³-hybridized carbons (Fsp3) is 0.533. The van der Waals surface area contributed by atoms with Gasteiger partial charge in [0.2, 0.25) is 5.91 Å². The van der Waals surface area contributed by atoms with Crippen LogP contribution in [0.3, 0.4) is 0 Å². The monoisotopic (exact) mass is 277 g/mol. The molecule has 0 radical (unpaired) electrons. The summed E-state index contributed by atoms with van der Waals surface area (Å²) in [6, 6.07) is 5.80. The average molecular weight is 277 g/mol. The highest BCUT2D eigenvalue weighted by atomic mass is 16.5. The molecule has 5 heteroatoms. The zero-order valence-electron chi connectivity index (χ0n) is 11.4. The van der Waals surface area contributed by atoms with Crippen molar-refractivity contribution in [3.05, 3.63) is 23.8 Å². The van der Waals surface area contributed by atoms with E-state index in [0.717, 1.165) is 29.9 Å². The molecule has 3 rings (SSSR count). The van der Waals surface area contributed by atoms with Crippen LogP contribution in [-0.4, -0.2) is 32.3 Å². The molecule has 1 fully saturated rings. The minimum absolute atomic E-state index is 0.00425. The second kappa shape index (κ2) is 6.13. The number of rotatable bonds is 3. The Labute approximate surface area is 118 Å². The average Bonchev–Trinajstić information content (AvgIpc) is 2.90. The summed E-state index contributed by atoms with van der Waals surface area (Å²) >= 11 is 0. The van der Waals surface area contributed by atoms with Gasteiger partial charge in [0.05, 0.1) is 25.7 Å². The van der Waals surface area contributed by atoms with Gasteiger partial charge < -0.3 is 19.5 Å². The van der Waals surface area contributed by atoms with E-state index in [1.807, 2.05) is 18.2 Å². The van der Waals surface area contributed by atoms with Gasteiger partial charge in [-0.15, -0.1) is 0 Å². The number of hydrogen-bond donors (Lipinski definition) is 1. The fourth-order valence-corrected chi connectivity index (χ4v) is 2.39. The number of hydrogen-bond acceptors (Lipinski definition) is 4. The standard InChI is InChI=1S/C15H19NO4/c17-15(12-4-7-18-10-12)16-9-11-2-3-13-14(8-11)20-6-1-5-19-13/h2-3,8,12H,1,4-7,9-10H2,(H,16,17)/t12-/m1/s1. The van der Waals surface area contributed by atoms with Gasteiger partial charge in [-0.2, -0.15) is 0 Å². The number of carbonyl (C=O) groups excluding carboxylic acids is 1. The first kappa shape index (κ1) is 13.2. The van der Waals surface area contributed by atoms with E-state index in [2.05, 4.69) is 5.32 Å². The summed E-state index contributed by atoms with van der Waals surface area (Å²) in [7, 11) is 0. The first-order valence-electron chi connectivity index (χ1n) is 7.07. The third-order valence-electron chi connectivity index (χ3n) is 3.58. The first-order chi connectivity index (χ1) is 9.83. The normalized spacial score (nSPS) is 21.3. The number of ether oxygens (including phenoxy) is 3. The third kappa shape index (κ3) is 3.04. The first-order valence-corrected chi connectivity index (χ1v) is 7.07. The minimum Gasteiger partial charge on any atom is -0.490 e. The second-order valence-electron chi connectivity index (χ2n) is 5.11. The third-order valence-corrected chi connectivity index (χ3v) is 3.58. The van der Waals surface area contributed by atoms with E-state index in [-0.39, 0.29) is 11.8 Å². The number of benzene rings is 1. The summed E-state index contributed by atoms with van der Waals surface area (Å²) in [5, 5.41) is 2.95. The van der Waals surface area contributed by atoms with E-state index < -0.39 is 0 Å². The Kier molecular flexibility index (Phi) is 4.06. The van der Waals surface area contributed by atoms with Crippen LogP contribution in [0.2, 0.25) is 0 Å². The molecule has 2 aliphatic rings. The van der Waals surface area contributed by atoms with E-state index in [0.29, 0.717) is 33.0 Å². The Morgan fingerprint density at radius 1 is 1.20 bits per heavy atom. The Morgan fingerprint density at radius 2 is 2.05 bits per heavy atom. The van der Waals surface area contributed by atoms with Gasteiger partial charge in [0, 0.05) is 19.6 Å². The lowest BCUT2D eigenvalue weighted by atomic mass is 10.1. The van der Waals surface area contributed by atoms with Crippen molar-refractivity contribution < 1.29 is 19.0 Å². The summed E-state index contributed by atoms with van der Waals surface area (Å²) < 4.78 is 16.4. The van der Waals surface area contributed by atoms with E-state index in [4.69, 9.17) is 14.2 Å². The van der Waals surface area contributed by atoms with Crippen molar-refractivity contribution in [2.45, 2.75) is 19.4 Å². The predicted octanol–water partition coefficient (Wildman–Crippen LogP) is 1.50. The molecule has 0 saturated carbocycles. The summed E-state index contributed by atoms with van der Waals surface area (Å²) in [5.74, 6) is 1.60. The van der Waals surface area contributed by atoms with Gasteiger partial charge in [-0.3, -0.25) is 4.79 Å². The van der Waals surface area contributed by atoms with Gasteiger partial charge in [-0.1, -0.05) is 6.07 Å². The van der Waals surface area contributed by atoms with E-state index in [9.17, 15) is 4.79 Å². The van der Waals surface area contributed by atoms with Gasteiger partial charge in [0.1, 0.15) is 0 Å². The van der Waals surface area contributed by atoms with Crippen molar-refractivity contribution in [1.82, 2.24) is 5.32 Å². The highest BCUT2D eigenvalue weighted by Crippen LogP contribution is 2.30. The smallest absolute Gasteiger partial charge is 0.225 e. The molecule has 0 spiro atoms. The maximum Gasteiger partial charge on any atom is 0.225 e. The Balaban J connectivity index is 1.60. The van der Waals surface area contributed by atoms with Gasteiger partial charge in [0.15, 0.2) is 11.5 Å². The summed E-state index contributed by atoms with van der Waals surface area (Å²) in [5.41, 5.74) is 1.02. The quantitative estimate of drug-likeness (QED) is 0.909. The van der Waals surface area contributed by atoms with E-state index >= 15 is 0 Å². The van der Waals surface area contributed by atoms with Crippen LogP contribution in [-0.2, 0) is 16.1 Å². The molecule has 0 aromatic heterocycles. The second-order valence-corrected chi connectivity index (χ2v) is 5.11. The number of nitrogens with one attached hydrogen (secondary N) is 1. The van der Waals surface area contributed by atoms with Crippen molar-refractivity contribution >= 4 is 5.91 Å². The lowest BCUT2D eigenvalue weighted by molar-refractivity contribution is -0.125. The van der Waals surface area contributed by atoms with Gasteiger partial charge in [-0.05, 0) is 24.1 Å². The van der Waals surface area contributed by atoms with Crippen LogP contribution in [0.5, 0.6) is 11.5 Å². The van der Waals surface area contributed by atoms with Gasteiger partial charge in [-0.25, -0.2) is 0 Å². The fourth-order valence-electron chi connectivity index (χ4n) is 2.39. The predicted molar refractivity (Wildman–Crippen MR) is 72.8 cm³/mol. The van der Waals surface area contributed by atoms with E-state index in [1.165, 1.54) is 0 Å². The number of amides is 1. The molecule has 0 bridgehead atoms. The van der Waals surface area contributed by atoms with Crippen LogP contribution in [0.1, 0.15) is 18.4 Å². The summed E-state index contributed by atoms with van der Waals surface area (Å²) in [6.07, 6.45) is 1.70. The highest BCUT2D eigenvalue weighted by Gasteiger charge is 2.23. The van der Waals surface area contributed by atoms with Crippen LogP contribution in [0, 0.1) is 5.92 Å². The van der Waals surface area contributed by atoms with Crippen molar-refractivity contribution in [3.8, 4) is 11.5 Å². The van der Waals surface area contributed by atoms with Crippen LogP contribution in [0.15, 0.2) is 18.2 Å². The highest BCUT2D eigenvalue weighted by molar-refractivity contribution is 5.79. The molecule has 0 unspecified atom stereocenters. The number of fused-ring (bicyclic) bond motifs is 1. The molecule has 108 valence electrons. The molecule has 1 N–H and O–H groups in total. The Hall–Kier alpha value is -1.75. The maximum absolute atomic E-state index is 11.9. The molecular weight excluding hydrogens is 258 g/mol. The number of carbonyl (C=O) groups is 1. The van der Waals surface area contributed by atoms with E-state index in [1.54, 1.807) is 0 Å². The van der Waals surface area contributed by atoms with Crippen molar-refractivity contribution in [2.75, 3.05) is 26.4 Å². The van der Waals surface area contributed by atoms with Crippen LogP contribution in [0.25, 0.3) is 0 Å². The molecule has 1 amide bonds. The molecule has 1 aromatic rings. The molecule has 5 nitrogen and oxygen atoms in total. The van der Waals surface area contributed by atoms with Crippen LogP contribution < -0.4 is 14.8 Å². The van der Waals surface area contributed by atoms with Crippen LogP contribution >= 0.6 is 0 Å². The molecule has 2 heterocycles. The zero-order chi connectivity index (χ0) is 13.8. The summed E-state index contributed by atoms with van der Waals surface area (Å²) in [4.78, 5) is 11.9. The molecule has 2 aliphatic heterocycles. The van der Waals surface area contributed by atoms with Gasteiger partial charge >= 0.3 is 0 Å². The molecular formula is C15H19NO4. The Morgan fingerprint density at radius 3 is 2.85 bits per heavy atom. The van der Waals surface area contributed by atoms with Crippen molar-refractivity contribution in [1.29, 1.82) is 0 Å². The molecule has 0 aliphatic carbocycles. The SMILES string of the molecule is O=C(NCc1ccc2c(c1)OCCCO2)[C@@H]1CCOC1. The minimum atomic E-state index is -0.00425. The lowest BCUT2D eigenvalue weighted by Gasteiger charge is -2.12. The summed E-state index contributed by atoms with van der Waals surface area (Å²) in [6.45, 7) is 3.08. The maximum atomic E-state index is 11.9. The molecule has 1 aromatic carbocycles. The van der Waals surface area contributed by atoms with Crippen LogP contribution in [0.4, 0.5) is 0 Å². The van der Waals surface area contributed by atoms with Gasteiger partial charge in [0.25, 0.3) is 0 Å². The largest absolute Gasteiger partial charge is 0.490 e. The zero-order valence-corrected chi connectivity index (χ0v) is 11.4. The van der Waals surface area contributed by atoms with Crippen molar-refractivity contribution in [2.24, 2.45) is 5.92 Å². The lowest BCUT2D eigenvalue weighted by Crippen LogP contribution is -2.30. The molecule has 1 atom stereocenters. The topological polar surface area (TPSA) is 56.8 Å². The Bertz CT molecular complexity index is 483. The molecule has 20 heavy (non-hydrogen) atoms. The van der Waals surface area contributed by atoms with Crippen molar-refractivity contribution in [3.63, 3.8) is 0 Å².